The lowest BCUT2D eigenvalue weighted by Crippen LogP contribution is -2.14. The molecule has 0 saturated heterocycles. The van der Waals surface area contributed by atoms with Crippen LogP contribution < -0.4 is 5.32 Å². The van der Waals surface area contributed by atoms with Gasteiger partial charge in [-0.3, -0.25) is 9.78 Å². The summed E-state index contributed by atoms with van der Waals surface area (Å²) in [6.45, 7) is 2.97. The fourth-order valence-corrected chi connectivity index (χ4v) is 2.30. The zero-order valence-electron chi connectivity index (χ0n) is 12.7. The summed E-state index contributed by atoms with van der Waals surface area (Å²) >= 11 is 0. The van der Waals surface area contributed by atoms with Crippen LogP contribution in [-0.4, -0.2) is 24.4 Å². The predicted octanol–water partition coefficient (Wildman–Crippen LogP) is 2.83. The van der Waals surface area contributed by atoms with E-state index < -0.39 is 0 Å². The van der Waals surface area contributed by atoms with Crippen LogP contribution in [0.25, 0.3) is 0 Å². The number of aryl methyl sites for hydroxylation is 1. The number of rotatable bonds is 7. The van der Waals surface area contributed by atoms with Gasteiger partial charge in [0.25, 0.3) is 0 Å². The predicted molar refractivity (Wildman–Crippen MR) is 85.7 cm³/mol. The fourth-order valence-electron chi connectivity index (χ4n) is 2.30. The topological polar surface area (TPSA) is 42.0 Å². The van der Waals surface area contributed by atoms with Crippen molar-refractivity contribution in [2.45, 2.75) is 26.2 Å². The van der Waals surface area contributed by atoms with E-state index in [1.807, 2.05) is 49.6 Å². The van der Waals surface area contributed by atoms with Crippen molar-refractivity contribution in [2.75, 3.05) is 13.6 Å². The fraction of sp³-hybridized carbons (Fsp3) is 0.333. The molecule has 3 nitrogen and oxygen atoms in total. The Morgan fingerprint density at radius 2 is 2.00 bits per heavy atom. The summed E-state index contributed by atoms with van der Waals surface area (Å²) in [5, 5.41) is 3.12. The highest BCUT2D eigenvalue weighted by Gasteiger charge is 2.12. The average Bonchev–Trinajstić information content (AvgIpc) is 2.54. The number of hydrogen-bond donors (Lipinski definition) is 1. The second-order valence-corrected chi connectivity index (χ2v) is 5.12. The molecule has 1 heterocycles. The number of ketones is 1. The number of carbonyl (C=O) groups is 1. The molecule has 0 spiro atoms. The van der Waals surface area contributed by atoms with Gasteiger partial charge in [0.15, 0.2) is 5.78 Å². The van der Waals surface area contributed by atoms with Crippen LogP contribution in [0, 0.1) is 0 Å². The van der Waals surface area contributed by atoms with Gasteiger partial charge in [0.05, 0.1) is 6.42 Å². The van der Waals surface area contributed by atoms with Crippen LogP contribution in [-0.2, 0) is 19.3 Å². The number of carbonyl (C=O) groups excluding carboxylic acids is 1. The molecule has 2 rings (SSSR count). The first-order chi connectivity index (χ1) is 10.2. The van der Waals surface area contributed by atoms with Gasteiger partial charge in [-0.1, -0.05) is 37.3 Å². The Kier molecular flexibility index (Phi) is 5.64. The van der Waals surface area contributed by atoms with Gasteiger partial charge in [0, 0.05) is 17.5 Å². The highest BCUT2D eigenvalue weighted by atomic mass is 16.1. The Morgan fingerprint density at radius 1 is 1.19 bits per heavy atom. The summed E-state index contributed by atoms with van der Waals surface area (Å²) in [5.41, 5.74) is 3.94. The standard InChI is InChI=1S/C18H22N2O/c1-3-14-8-9-16(20-13-14)12-18(21)17-7-5-4-6-15(17)10-11-19-2/h4-9,13,19H,3,10-12H2,1-2H3. The minimum absolute atomic E-state index is 0.137. The molecule has 0 atom stereocenters. The highest BCUT2D eigenvalue weighted by Crippen LogP contribution is 2.13. The summed E-state index contributed by atoms with van der Waals surface area (Å²) in [7, 11) is 1.92. The van der Waals surface area contributed by atoms with Crippen molar-refractivity contribution in [1.29, 1.82) is 0 Å². The van der Waals surface area contributed by atoms with E-state index in [4.69, 9.17) is 0 Å². The van der Waals surface area contributed by atoms with E-state index in [0.717, 1.165) is 36.2 Å². The lowest BCUT2D eigenvalue weighted by molar-refractivity contribution is 0.0991. The molecule has 0 radical (unpaired) electrons. The number of pyridine rings is 1. The van der Waals surface area contributed by atoms with E-state index in [1.165, 1.54) is 5.56 Å². The maximum atomic E-state index is 12.5. The third kappa shape index (κ3) is 4.23. The number of nitrogens with one attached hydrogen (secondary N) is 1. The second kappa shape index (κ2) is 7.70. The number of hydrogen-bond acceptors (Lipinski definition) is 3. The van der Waals surface area contributed by atoms with Crippen LogP contribution in [0.15, 0.2) is 42.6 Å². The molecule has 2 aromatic rings. The molecule has 0 aliphatic heterocycles. The lowest BCUT2D eigenvalue weighted by atomic mass is 9.98. The molecule has 3 heteroatoms. The van der Waals surface area contributed by atoms with Gasteiger partial charge in [-0.2, -0.15) is 0 Å². The molecule has 21 heavy (non-hydrogen) atoms. The first-order valence-corrected chi connectivity index (χ1v) is 7.44. The van der Waals surface area contributed by atoms with Gasteiger partial charge in [0.2, 0.25) is 0 Å². The minimum Gasteiger partial charge on any atom is -0.319 e. The molecule has 0 bridgehead atoms. The SMILES string of the molecule is CCc1ccc(CC(=O)c2ccccc2CCNC)nc1. The smallest absolute Gasteiger partial charge is 0.169 e. The van der Waals surface area contributed by atoms with Crippen molar-refractivity contribution in [3.63, 3.8) is 0 Å². The third-order valence-electron chi connectivity index (χ3n) is 3.60. The van der Waals surface area contributed by atoms with Crippen molar-refractivity contribution in [3.05, 3.63) is 65.0 Å². The van der Waals surface area contributed by atoms with Gasteiger partial charge in [-0.05, 0) is 43.6 Å². The molecule has 0 fully saturated rings. The Bertz CT molecular complexity index is 590. The second-order valence-electron chi connectivity index (χ2n) is 5.12. The van der Waals surface area contributed by atoms with E-state index in [2.05, 4.69) is 17.2 Å². The quantitative estimate of drug-likeness (QED) is 0.794. The first kappa shape index (κ1) is 15.4. The molecule has 0 aliphatic rings. The third-order valence-corrected chi connectivity index (χ3v) is 3.60. The Labute approximate surface area is 126 Å². The highest BCUT2D eigenvalue weighted by molar-refractivity contribution is 5.98. The van der Waals surface area contributed by atoms with E-state index in [0.29, 0.717) is 6.42 Å². The van der Waals surface area contributed by atoms with Crippen LogP contribution in [0.1, 0.15) is 34.1 Å². The van der Waals surface area contributed by atoms with E-state index in [9.17, 15) is 4.79 Å². The number of benzene rings is 1. The average molecular weight is 282 g/mol. The summed E-state index contributed by atoms with van der Waals surface area (Å²) in [5.74, 6) is 0.137. The van der Waals surface area contributed by atoms with Crippen LogP contribution in [0.5, 0.6) is 0 Å². The van der Waals surface area contributed by atoms with Crippen LogP contribution in [0.4, 0.5) is 0 Å². The number of likely N-dealkylation sites (N-methyl/N-ethyl adjacent to an activating group) is 1. The Hall–Kier alpha value is -2.00. The molecule has 0 aliphatic carbocycles. The molecule has 0 unspecified atom stereocenters. The normalized spacial score (nSPS) is 10.6. The van der Waals surface area contributed by atoms with Crippen LogP contribution in [0.2, 0.25) is 0 Å². The maximum absolute atomic E-state index is 12.5. The first-order valence-electron chi connectivity index (χ1n) is 7.44. The van der Waals surface area contributed by atoms with Gasteiger partial charge < -0.3 is 5.32 Å². The Balaban J connectivity index is 2.12. The van der Waals surface area contributed by atoms with Gasteiger partial charge in [0.1, 0.15) is 0 Å². The van der Waals surface area contributed by atoms with Crippen LogP contribution >= 0.6 is 0 Å². The van der Waals surface area contributed by atoms with Gasteiger partial charge in [-0.25, -0.2) is 0 Å². The van der Waals surface area contributed by atoms with Crippen molar-refractivity contribution < 1.29 is 4.79 Å². The van der Waals surface area contributed by atoms with Crippen molar-refractivity contribution in [3.8, 4) is 0 Å². The molecule has 110 valence electrons. The number of Topliss-reactive ketones (excluding diaryl/α,β-unsaturated/α-hetero) is 1. The molecule has 1 aromatic carbocycles. The molecule has 0 saturated carbocycles. The van der Waals surface area contributed by atoms with E-state index in [-0.39, 0.29) is 5.78 Å². The molecular weight excluding hydrogens is 260 g/mol. The summed E-state index contributed by atoms with van der Waals surface area (Å²) in [6.07, 6.45) is 4.05. The molecular formula is C18H22N2O. The number of aromatic nitrogens is 1. The van der Waals surface area contributed by atoms with Gasteiger partial charge in [-0.15, -0.1) is 0 Å². The van der Waals surface area contributed by atoms with E-state index >= 15 is 0 Å². The minimum atomic E-state index is 0.137. The van der Waals surface area contributed by atoms with Crippen molar-refractivity contribution >= 4 is 5.78 Å². The van der Waals surface area contributed by atoms with Gasteiger partial charge >= 0.3 is 0 Å². The maximum Gasteiger partial charge on any atom is 0.169 e. The van der Waals surface area contributed by atoms with Crippen molar-refractivity contribution in [1.82, 2.24) is 10.3 Å². The largest absolute Gasteiger partial charge is 0.319 e. The zero-order chi connectivity index (χ0) is 15.1. The monoisotopic (exact) mass is 282 g/mol. The van der Waals surface area contributed by atoms with E-state index in [1.54, 1.807) is 0 Å². The summed E-state index contributed by atoms with van der Waals surface area (Å²) < 4.78 is 0. The number of nitrogens with zero attached hydrogens (tertiary/aromatic N) is 1. The molecule has 1 N–H and O–H groups in total. The Morgan fingerprint density at radius 3 is 2.67 bits per heavy atom. The zero-order valence-corrected chi connectivity index (χ0v) is 12.7. The van der Waals surface area contributed by atoms with Crippen molar-refractivity contribution in [2.24, 2.45) is 0 Å². The van der Waals surface area contributed by atoms with Crippen LogP contribution in [0.3, 0.4) is 0 Å². The molecule has 1 aromatic heterocycles. The summed E-state index contributed by atoms with van der Waals surface area (Å²) in [4.78, 5) is 16.9. The summed E-state index contributed by atoms with van der Waals surface area (Å²) in [6, 6.07) is 11.8. The molecule has 0 amide bonds. The lowest BCUT2D eigenvalue weighted by Gasteiger charge is -2.08.